The van der Waals surface area contributed by atoms with Crippen LogP contribution in [-0.2, 0) is 11.8 Å². The minimum absolute atomic E-state index is 0.0114. The van der Waals surface area contributed by atoms with E-state index in [9.17, 15) is 18.4 Å². The Labute approximate surface area is 174 Å². The van der Waals surface area contributed by atoms with Gasteiger partial charge in [0.05, 0.1) is 17.7 Å². The number of ether oxygens (including phenoxy) is 2. The zero-order valence-electron chi connectivity index (χ0n) is 16.2. The maximum Gasteiger partial charge on any atom is 0.387 e. The molecule has 2 heterocycles. The molecule has 0 bridgehead atoms. The number of thiazole rings is 1. The molecule has 0 N–H and O–H groups in total. The summed E-state index contributed by atoms with van der Waals surface area (Å²) in [5, 5.41) is 0. The summed E-state index contributed by atoms with van der Waals surface area (Å²) in [6, 6.07) is 13.2. The van der Waals surface area contributed by atoms with Gasteiger partial charge in [0.2, 0.25) is 5.91 Å². The van der Waals surface area contributed by atoms with Gasteiger partial charge in [-0.05, 0) is 42.0 Å². The molecule has 156 valence electrons. The van der Waals surface area contributed by atoms with Crippen LogP contribution in [0.2, 0.25) is 0 Å². The second-order valence-electron chi connectivity index (χ2n) is 6.75. The fraction of sp³-hybridized carbons (Fsp3) is 0.238. The van der Waals surface area contributed by atoms with Gasteiger partial charge < -0.3 is 9.47 Å². The fourth-order valence-corrected chi connectivity index (χ4v) is 4.69. The first kappa shape index (κ1) is 20.1. The molecule has 4 rings (SSSR count). The number of nitrogens with zero attached hydrogens (tertiary/aromatic N) is 2. The summed E-state index contributed by atoms with van der Waals surface area (Å²) < 4.78 is 36.3. The molecule has 9 heteroatoms. The van der Waals surface area contributed by atoms with E-state index >= 15 is 0 Å². The SMILES string of the molecule is COc1ccc(N2C(=O)CC(c3cccc(OC(F)F)c3)c3sc(=O)n(C)c32)cc1. The summed E-state index contributed by atoms with van der Waals surface area (Å²) in [5.41, 5.74) is 1.25. The normalized spacial score (nSPS) is 16.0. The van der Waals surface area contributed by atoms with Gasteiger partial charge in [-0.1, -0.05) is 23.5 Å². The van der Waals surface area contributed by atoms with Crippen molar-refractivity contribution in [3.8, 4) is 11.5 Å². The summed E-state index contributed by atoms with van der Waals surface area (Å²) in [6.45, 7) is -2.94. The number of rotatable bonds is 5. The highest BCUT2D eigenvalue weighted by Crippen LogP contribution is 2.45. The number of carbonyl (C=O) groups is 1. The lowest BCUT2D eigenvalue weighted by Gasteiger charge is -2.32. The molecule has 1 atom stereocenters. The average molecular weight is 432 g/mol. The molecule has 1 aliphatic heterocycles. The van der Waals surface area contributed by atoms with Crippen molar-refractivity contribution in [1.29, 1.82) is 0 Å². The number of carbonyl (C=O) groups excluding carboxylic acids is 1. The molecule has 0 spiro atoms. The second kappa shape index (κ2) is 7.91. The van der Waals surface area contributed by atoms with E-state index in [1.165, 1.54) is 21.6 Å². The molecule has 1 aromatic heterocycles. The number of aromatic nitrogens is 1. The molecule has 1 unspecified atom stereocenters. The molecule has 6 nitrogen and oxygen atoms in total. The van der Waals surface area contributed by atoms with Crippen LogP contribution in [-0.4, -0.2) is 24.2 Å². The molecule has 0 saturated heterocycles. The van der Waals surface area contributed by atoms with Crippen molar-refractivity contribution in [2.45, 2.75) is 19.0 Å². The Balaban J connectivity index is 1.80. The molecule has 2 aromatic carbocycles. The third kappa shape index (κ3) is 3.56. The molecule has 0 fully saturated rings. The Morgan fingerprint density at radius 3 is 2.50 bits per heavy atom. The molecule has 30 heavy (non-hydrogen) atoms. The molecule has 0 saturated carbocycles. The summed E-state index contributed by atoms with van der Waals surface area (Å²) in [4.78, 5) is 27.6. The lowest BCUT2D eigenvalue weighted by Crippen LogP contribution is -2.34. The number of anilines is 2. The minimum atomic E-state index is -2.94. The van der Waals surface area contributed by atoms with Gasteiger partial charge in [-0.3, -0.25) is 19.1 Å². The molecular formula is C21H18F2N2O4S. The van der Waals surface area contributed by atoms with Gasteiger partial charge in [-0.25, -0.2) is 0 Å². The quantitative estimate of drug-likeness (QED) is 0.605. The van der Waals surface area contributed by atoms with E-state index in [2.05, 4.69) is 4.74 Å². The van der Waals surface area contributed by atoms with Crippen molar-refractivity contribution in [3.63, 3.8) is 0 Å². The first-order valence-electron chi connectivity index (χ1n) is 9.10. The highest BCUT2D eigenvalue weighted by Gasteiger charge is 2.37. The average Bonchev–Trinajstić information content (AvgIpc) is 3.02. The largest absolute Gasteiger partial charge is 0.497 e. The highest BCUT2D eigenvalue weighted by atomic mass is 32.1. The zero-order valence-corrected chi connectivity index (χ0v) is 17.0. The number of hydrogen-bond donors (Lipinski definition) is 0. The third-order valence-electron chi connectivity index (χ3n) is 4.98. The van der Waals surface area contributed by atoms with Crippen molar-refractivity contribution < 1.29 is 23.0 Å². The van der Waals surface area contributed by atoms with E-state index in [-0.39, 0.29) is 23.0 Å². The van der Waals surface area contributed by atoms with Crippen LogP contribution in [0, 0.1) is 0 Å². The first-order valence-corrected chi connectivity index (χ1v) is 9.92. The van der Waals surface area contributed by atoms with Crippen LogP contribution in [0.15, 0.2) is 53.3 Å². The van der Waals surface area contributed by atoms with Crippen LogP contribution >= 0.6 is 11.3 Å². The van der Waals surface area contributed by atoms with Gasteiger partial charge in [0.1, 0.15) is 17.3 Å². The molecule has 0 radical (unpaired) electrons. The highest BCUT2D eigenvalue weighted by molar-refractivity contribution is 7.10. The summed E-state index contributed by atoms with van der Waals surface area (Å²) >= 11 is 1.05. The summed E-state index contributed by atoms with van der Waals surface area (Å²) in [6.07, 6.45) is 0.0944. The Morgan fingerprint density at radius 1 is 1.10 bits per heavy atom. The molecule has 1 amide bonds. The molecular weight excluding hydrogens is 414 g/mol. The van der Waals surface area contributed by atoms with E-state index in [1.54, 1.807) is 50.6 Å². The Hall–Kier alpha value is -3.20. The van der Waals surface area contributed by atoms with E-state index in [0.717, 1.165) is 11.3 Å². The van der Waals surface area contributed by atoms with Crippen LogP contribution in [0.3, 0.4) is 0 Å². The second-order valence-corrected chi connectivity index (χ2v) is 7.74. The summed E-state index contributed by atoms with van der Waals surface area (Å²) in [5.74, 6) is 0.513. The first-order chi connectivity index (χ1) is 14.4. The lowest BCUT2D eigenvalue weighted by atomic mass is 9.90. The predicted molar refractivity (Wildman–Crippen MR) is 109 cm³/mol. The van der Waals surface area contributed by atoms with Gasteiger partial charge in [0, 0.05) is 19.4 Å². The smallest absolute Gasteiger partial charge is 0.387 e. The minimum Gasteiger partial charge on any atom is -0.497 e. The van der Waals surface area contributed by atoms with Crippen LogP contribution in [0.1, 0.15) is 22.8 Å². The van der Waals surface area contributed by atoms with E-state index < -0.39 is 12.5 Å². The van der Waals surface area contributed by atoms with Crippen LogP contribution in [0.25, 0.3) is 0 Å². The molecule has 1 aliphatic rings. The Bertz CT molecular complexity index is 1140. The van der Waals surface area contributed by atoms with Crippen molar-refractivity contribution in [3.05, 3.63) is 68.6 Å². The standard InChI is InChI=1S/C21H18F2N2O4S/c1-24-19-18(30-21(24)27)16(12-4-3-5-15(10-12)29-20(22)23)11-17(26)25(19)13-6-8-14(28-2)9-7-13/h3-10,16,20H,11H2,1-2H3. The Kier molecular flexibility index (Phi) is 5.29. The van der Waals surface area contributed by atoms with Gasteiger partial charge >= 0.3 is 11.5 Å². The number of fused-ring (bicyclic) bond motifs is 1. The van der Waals surface area contributed by atoms with Crippen molar-refractivity contribution in [2.24, 2.45) is 7.05 Å². The van der Waals surface area contributed by atoms with E-state index in [4.69, 9.17) is 4.74 Å². The molecule has 0 aliphatic carbocycles. The van der Waals surface area contributed by atoms with Crippen molar-refractivity contribution in [2.75, 3.05) is 12.0 Å². The van der Waals surface area contributed by atoms with Crippen molar-refractivity contribution >= 4 is 28.7 Å². The third-order valence-corrected chi connectivity index (χ3v) is 6.12. The fourth-order valence-electron chi connectivity index (χ4n) is 3.60. The number of methoxy groups -OCH3 is 1. The van der Waals surface area contributed by atoms with Gasteiger partial charge in [0.25, 0.3) is 0 Å². The van der Waals surface area contributed by atoms with Gasteiger partial charge in [0.15, 0.2) is 0 Å². The van der Waals surface area contributed by atoms with Crippen LogP contribution < -0.4 is 19.2 Å². The van der Waals surface area contributed by atoms with Crippen molar-refractivity contribution in [1.82, 2.24) is 4.57 Å². The maximum atomic E-state index is 13.2. The zero-order chi connectivity index (χ0) is 21.4. The number of halogens is 2. The Morgan fingerprint density at radius 2 is 1.83 bits per heavy atom. The van der Waals surface area contributed by atoms with Crippen LogP contribution in [0.4, 0.5) is 20.3 Å². The number of hydrogen-bond acceptors (Lipinski definition) is 5. The summed E-state index contributed by atoms with van der Waals surface area (Å²) in [7, 11) is 3.17. The number of benzene rings is 2. The maximum absolute atomic E-state index is 13.2. The topological polar surface area (TPSA) is 60.8 Å². The van der Waals surface area contributed by atoms with E-state index in [1.807, 2.05) is 0 Å². The lowest BCUT2D eigenvalue weighted by molar-refractivity contribution is -0.118. The number of alkyl halides is 2. The number of amides is 1. The molecule has 3 aromatic rings. The van der Waals surface area contributed by atoms with Crippen LogP contribution in [0.5, 0.6) is 11.5 Å². The predicted octanol–water partition coefficient (Wildman–Crippen LogP) is 4.26. The van der Waals surface area contributed by atoms with Gasteiger partial charge in [-0.15, -0.1) is 0 Å². The van der Waals surface area contributed by atoms with E-state index in [0.29, 0.717) is 27.7 Å². The monoisotopic (exact) mass is 432 g/mol. The van der Waals surface area contributed by atoms with Gasteiger partial charge in [-0.2, -0.15) is 8.78 Å².